The van der Waals surface area contributed by atoms with E-state index in [4.69, 9.17) is 0 Å². The summed E-state index contributed by atoms with van der Waals surface area (Å²) in [4.78, 5) is 16.7. The summed E-state index contributed by atoms with van der Waals surface area (Å²) < 4.78 is 23.8. The van der Waals surface area contributed by atoms with Crippen molar-refractivity contribution in [3.63, 3.8) is 0 Å². The smallest absolute Gasteiger partial charge is 0.250 e. The first-order valence-electron chi connectivity index (χ1n) is 8.41. The van der Waals surface area contributed by atoms with Crippen molar-refractivity contribution in [2.75, 3.05) is 16.4 Å². The molecule has 1 saturated heterocycles. The topological polar surface area (TPSA) is 98.1 Å². The summed E-state index contributed by atoms with van der Waals surface area (Å²) in [5.41, 5.74) is 0.670. The Morgan fingerprint density at radius 2 is 2.04 bits per heavy atom. The summed E-state index contributed by atoms with van der Waals surface area (Å²) in [5, 5.41) is 14.1. The van der Waals surface area contributed by atoms with Crippen LogP contribution in [0.5, 0.6) is 0 Å². The lowest BCUT2D eigenvalue weighted by atomic mass is 10.2. The molecule has 0 bridgehead atoms. The minimum absolute atomic E-state index is 0.0289. The van der Waals surface area contributed by atoms with Crippen molar-refractivity contribution in [2.45, 2.75) is 19.0 Å². The molecule has 0 saturated carbocycles. The summed E-state index contributed by atoms with van der Waals surface area (Å²) >= 11 is 1.49. The molecule has 1 fully saturated rings. The number of hydrogen-bond donors (Lipinski definition) is 0. The van der Waals surface area contributed by atoms with Crippen LogP contribution < -0.4 is 4.90 Å². The maximum Gasteiger partial charge on any atom is 0.250 e. The molecule has 2 aromatic heterocycles. The summed E-state index contributed by atoms with van der Waals surface area (Å²) in [5.74, 6) is 0.267. The van der Waals surface area contributed by atoms with Gasteiger partial charge in [0.1, 0.15) is 6.54 Å². The molecule has 0 unspecified atom stereocenters. The molecular weight excluding hydrogens is 386 g/mol. The third-order valence-corrected chi connectivity index (χ3v) is 6.96. The van der Waals surface area contributed by atoms with Crippen LogP contribution in [0, 0.1) is 0 Å². The van der Waals surface area contributed by atoms with E-state index in [1.807, 2.05) is 35.7 Å². The lowest BCUT2D eigenvalue weighted by molar-refractivity contribution is -0.120. The molecule has 0 radical (unpaired) electrons. The van der Waals surface area contributed by atoms with Crippen molar-refractivity contribution in [2.24, 2.45) is 0 Å². The van der Waals surface area contributed by atoms with Crippen molar-refractivity contribution in [3.8, 4) is 10.7 Å². The van der Waals surface area contributed by atoms with E-state index in [9.17, 15) is 13.2 Å². The molecule has 8 nitrogen and oxygen atoms in total. The number of nitrogens with zero attached hydrogens (tertiary/aromatic N) is 5. The quantitative estimate of drug-likeness (QED) is 0.642. The minimum atomic E-state index is -3.12. The van der Waals surface area contributed by atoms with Crippen LogP contribution in [-0.2, 0) is 21.2 Å². The zero-order valence-electron chi connectivity index (χ0n) is 14.3. The number of carbonyl (C=O) groups excluding carboxylic acids is 1. The van der Waals surface area contributed by atoms with Crippen LogP contribution in [0.25, 0.3) is 10.7 Å². The maximum atomic E-state index is 13.0. The third-order valence-electron chi connectivity index (χ3n) is 4.35. The Kier molecular flexibility index (Phi) is 4.75. The van der Waals surface area contributed by atoms with E-state index in [1.165, 1.54) is 16.1 Å². The van der Waals surface area contributed by atoms with Crippen LogP contribution in [0.3, 0.4) is 0 Å². The van der Waals surface area contributed by atoms with E-state index < -0.39 is 9.84 Å². The zero-order valence-corrected chi connectivity index (χ0v) is 15.9. The van der Waals surface area contributed by atoms with E-state index in [0.29, 0.717) is 17.9 Å². The lowest BCUT2D eigenvalue weighted by Gasteiger charge is -2.28. The van der Waals surface area contributed by atoms with Crippen LogP contribution in [0.15, 0.2) is 47.8 Å². The van der Waals surface area contributed by atoms with E-state index in [0.717, 1.165) is 4.88 Å². The van der Waals surface area contributed by atoms with E-state index in [2.05, 4.69) is 15.4 Å². The number of carbonyl (C=O) groups is 1. The molecule has 10 heteroatoms. The Bertz CT molecular complexity index is 1030. The predicted molar refractivity (Wildman–Crippen MR) is 102 cm³/mol. The molecule has 1 aliphatic heterocycles. The fourth-order valence-electron chi connectivity index (χ4n) is 3.14. The molecule has 1 aromatic carbocycles. The van der Waals surface area contributed by atoms with Gasteiger partial charge >= 0.3 is 0 Å². The fourth-order valence-corrected chi connectivity index (χ4v) is 5.49. The van der Waals surface area contributed by atoms with Gasteiger partial charge in [0.25, 0.3) is 5.91 Å². The Hall–Kier alpha value is -2.59. The lowest BCUT2D eigenvalue weighted by Crippen LogP contribution is -2.43. The van der Waals surface area contributed by atoms with Crippen molar-refractivity contribution < 1.29 is 13.2 Å². The average Bonchev–Trinajstić information content (AvgIpc) is 3.37. The van der Waals surface area contributed by atoms with Crippen LogP contribution >= 0.6 is 11.3 Å². The van der Waals surface area contributed by atoms with Gasteiger partial charge in [-0.1, -0.05) is 24.3 Å². The largest absolute Gasteiger partial charge is 0.307 e. The number of amides is 1. The second-order valence-corrected chi connectivity index (χ2v) is 9.45. The highest BCUT2D eigenvalue weighted by Crippen LogP contribution is 2.25. The van der Waals surface area contributed by atoms with Crippen molar-refractivity contribution in [3.05, 3.63) is 47.8 Å². The van der Waals surface area contributed by atoms with Crippen LogP contribution in [0.2, 0.25) is 0 Å². The summed E-state index contributed by atoms with van der Waals surface area (Å²) in [6, 6.07) is 12.5. The maximum absolute atomic E-state index is 13.0. The first kappa shape index (κ1) is 17.8. The predicted octanol–water partition coefficient (Wildman–Crippen LogP) is 1.62. The number of benzene rings is 1. The third kappa shape index (κ3) is 3.91. The first-order chi connectivity index (χ1) is 13.0. The zero-order chi connectivity index (χ0) is 18.9. The number of anilines is 1. The van der Waals surface area contributed by atoms with Crippen molar-refractivity contribution >= 4 is 32.8 Å². The molecule has 0 aliphatic carbocycles. The monoisotopic (exact) mass is 403 g/mol. The Morgan fingerprint density at radius 1 is 1.22 bits per heavy atom. The van der Waals surface area contributed by atoms with Gasteiger partial charge in [-0.2, -0.15) is 4.80 Å². The molecule has 3 heterocycles. The second kappa shape index (κ2) is 7.20. The molecule has 4 rings (SSSR count). The summed E-state index contributed by atoms with van der Waals surface area (Å²) in [6.45, 7) is -0.107. The van der Waals surface area contributed by atoms with Gasteiger partial charge in [0.15, 0.2) is 9.84 Å². The van der Waals surface area contributed by atoms with Gasteiger partial charge in [-0.3, -0.25) is 4.79 Å². The number of hydrogen-bond acceptors (Lipinski definition) is 7. The molecule has 3 aromatic rings. The van der Waals surface area contributed by atoms with Gasteiger partial charge in [0.2, 0.25) is 5.82 Å². The molecule has 1 atom stereocenters. The standard InChI is InChI=1S/C17H17N5O3S2/c23-16(11-21-19-17(18-20-21)15-7-4-9-26-15)22(13-5-2-1-3-6-13)14-8-10-27(24,25)12-14/h1-7,9,14H,8,10-12H2/t14-/m1/s1. The molecule has 1 amide bonds. The van der Waals surface area contributed by atoms with Crippen molar-refractivity contribution in [1.29, 1.82) is 0 Å². The number of thiophene rings is 1. The Balaban J connectivity index is 1.58. The van der Waals surface area contributed by atoms with E-state index in [-0.39, 0.29) is 30.0 Å². The molecule has 0 N–H and O–H groups in total. The second-order valence-electron chi connectivity index (χ2n) is 6.28. The fraction of sp³-hybridized carbons (Fsp3) is 0.294. The van der Waals surface area contributed by atoms with E-state index in [1.54, 1.807) is 17.0 Å². The van der Waals surface area contributed by atoms with Crippen LogP contribution in [-0.4, -0.2) is 52.1 Å². The number of sulfone groups is 1. The Labute approximate surface area is 160 Å². The van der Waals surface area contributed by atoms with Crippen LogP contribution in [0.4, 0.5) is 5.69 Å². The molecule has 27 heavy (non-hydrogen) atoms. The molecule has 140 valence electrons. The number of rotatable bonds is 5. The minimum Gasteiger partial charge on any atom is -0.307 e. The summed E-state index contributed by atoms with van der Waals surface area (Å²) in [7, 11) is -3.12. The average molecular weight is 403 g/mol. The number of tetrazole rings is 1. The highest BCUT2D eigenvalue weighted by Gasteiger charge is 2.35. The number of para-hydroxylation sites is 1. The highest BCUT2D eigenvalue weighted by molar-refractivity contribution is 7.91. The van der Waals surface area contributed by atoms with Gasteiger partial charge < -0.3 is 4.90 Å². The van der Waals surface area contributed by atoms with Gasteiger partial charge in [-0.05, 0) is 35.2 Å². The van der Waals surface area contributed by atoms with Crippen molar-refractivity contribution in [1.82, 2.24) is 20.2 Å². The van der Waals surface area contributed by atoms with Gasteiger partial charge in [-0.25, -0.2) is 8.42 Å². The Morgan fingerprint density at radius 3 is 2.70 bits per heavy atom. The number of aromatic nitrogens is 4. The van der Waals surface area contributed by atoms with Gasteiger partial charge in [0.05, 0.1) is 22.4 Å². The van der Waals surface area contributed by atoms with Crippen LogP contribution in [0.1, 0.15) is 6.42 Å². The van der Waals surface area contributed by atoms with Gasteiger partial charge in [0, 0.05) is 5.69 Å². The SMILES string of the molecule is O=C(Cn1nnc(-c2cccs2)n1)N(c1ccccc1)[C@@H]1CCS(=O)(=O)C1. The van der Waals surface area contributed by atoms with Gasteiger partial charge in [-0.15, -0.1) is 21.5 Å². The molecule has 1 aliphatic rings. The van der Waals surface area contributed by atoms with E-state index >= 15 is 0 Å². The molecule has 0 spiro atoms. The summed E-state index contributed by atoms with van der Waals surface area (Å²) in [6.07, 6.45) is 0.425. The normalized spacial score (nSPS) is 18.4. The highest BCUT2D eigenvalue weighted by atomic mass is 32.2. The first-order valence-corrected chi connectivity index (χ1v) is 11.1. The molecular formula is C17H17N5O3S2.